The number of rotatable bonds is 9. The summed E-state index contributed by atoms with van der Waals surface area (Å²) in [6.07, 6.45) is 6.14. The Kier molecular flexibility index (Phi) is 7.58. The summed E-state index contributed by atoms with van der Waals surface area (Å²) < 4.78 is 21.3. The number of aryl methyl sites for hydroxylation is 1. The van der Waals surface area contributed by atoms with Crippen LogP contribution in [0.2, 0.25) is 0 Å². The SMILES string of the molecule is O=C(CCn1cnnn1)N(CC1CCN(Cc2ccccc2F)CC1)CC1CCCO1. The molecule has 0 radical (unpaired) electrons. The molecule has 31 heavy (non-hydrogen) atoms. The van der Waals surface area contributed by atoms with E-state index < -0.39 is 0 Å². The van der Waals surface area contributed by atoms with Crippen LogP contribution < -0.4 is 0 Å². The van der Waals surface area contributed by atoms with Crippen molar-refractivity contribution in [1.82, 2.24) is 30.0 Å². The molecule has 168 valence electrons. The Bertz CT molecular complexity index is 819. The standard InChI is InChI=1S/C22H31FN6O2/c23-21-6-2-1-4-19(21)15-27-10-7-18(8-11-27)14-28(16-20-5-3-13-31-20)22(30)9-12-29-17-24-25-26-29/h1-2,4,6,17-18,20H,3,5,7-16H2. The van der Waals surface area contributed by atoms with E-state index in [2.05, 4.69) is 20.4 Å². The molecule has 3 heterocycles. The number of amides is 1. The van der Waals surface area contributed by atoms with Crippen molar-refractivity contribution >= 4 is 5.91 Å². The molecule has 9 heteroatoms. The summed E-state index contributed by atoms with van der Waals surface area (Å²) >= 11 is 0. The number of hydrogen-bond donors (Lipinski definition) is 0. The molecule has 2 fully saturated rings. The molecule has 0 saturated carbocycles. The average Bonchev–Trinajstić information content (AvgIpc) is 3.49. The minimum atomic E-state index is -0.138. The van der Waals surface area contributed by atoms with Gasteiger partial charge in [0.15, 0.2) is 0 Å². The van der Waals surface area contributed by atoms with E-state index in [0.717, 1.165) is 57.5 Å². The van der Waals surface area contributed by atoms with Gasteiger partial charge in [-0.05, 0) is 61.2 Å². The summed E-state index contributed by atoms with van der Waals surface area (Å²) in [5.74, 6) is 0.440. The van der Waals surface area contributed by atoms with Crippen LogP contribution in [0.1, 0.15) is 37.7 Å². The number of hydrogen-bond acceptors (Lipinski definition) is 6. The predicted octanol–water partition coefficient (Wildman–Crippen LogP) is 2.12. The van der Waals surface area contributed by atoms with Crippen LogP contribution in [-0.4, -0.2) is 74.8 Å². The van der Waals surface area contributed by atoms with E-state index in [1.807, 2.05) is 17.0 Å². The fraction of sp³-hybridized carbons (Fsp3) is 0.636. The molecule has 1 amide bonds. The third kappa shape index (κ3) is 6.30. The van der Waals surface area contributed by atoms with Crippen molar-refractivity contribution in [3.05, 3.63) is 42.0 Å². The number of likely N-dealkylation sites (tertiary alicyclic amines) is 1. The molecule has 0 aliphatic carbocycles. The molecule has 1 aromatic carbocycles. The van der Waals surface area contributed by atoms with Crippen molar-refractivity contribution in [2.24, 2.45) is 5.92 Å². The van der Waals surface area contributed by atoms with Crippen LogP contribution in [0, 0.1) is 11.7 Å². The van der Waals surface area contributed by atoms with Gasteiger partial charge in [0.2, 0.25) is 5.91 Å². The van der Waals surface area contributed by atoms with Crippen LogP contribution in [0.4, 0.5) is 4.39 Å². The summed E-state index contributed by atoms with van der Waals surface area (Å²) in [7, 11) is 0. The van der Waals surface area contributed by atoms with Gasteiger partial charge in [-0.1, -0.05) is 18.2 Å². The molecule has 0 spiro atoms. The van der Waals surface area contributed by atoms with Crippen molar-refractivity contribution < 1.29 is 13.9 Å². The fourth-order valence-electron chi connectivity index (χ4n) is 4.47. The first-order chi connectivity index (χ1) is 15.2. The second-order valence-corrected chi connectivity index (χ2v) is 8.57. The lowest BCUT2D eigenvalue weighted by atomic mass is 9.95. The fourth-order valence-corrected chi connectivity index (χ4v) is 4.47. The minimum absolute atomic E-state index is 0.125. The van der Waals surface area contributed by atoms with Crippen molar-refractivity contribution in [2.45, 2.75) is 51.3 Å². The van der Waals surface area contributed by atoms with Crippen molar-refractivity contribution in [1.29, 1.82) is 0 Å². The largest absolute Gasteiger partial charge is 0.376 e. The highest BCUT2D eigenvalue weighted by Crippen LogP contribution is 2.23. The molecule has 1 aromatic heterocycles. The molecular formula is C22H31FN6O2. The zero-order valence-electron chi connectivity index (χ0n) is 17.9. The highest BCUT2D eigenvalue weighted by molar-refractivity contribution is 5.76. The van der Waals surface area contributed by atoms with Crippen LogP contribution in [0.3, 0.4) is 0 Å². The molecule has 8 nitrogen and oxygen atoms in total. The van der Waals surface area contributed by atoms with E-state index in [4.69, 9.17) is 4.74 Å². The number of benzene rings is 1. The van der Waals surface area contributed by atoms with Gasteiger partial charge in [0.25, 0.3) is 0 Å². The van der Waals surface area contributed by atoms with Crippen LogP contribution in [0.25, 0.3) is 0 Å². The molecule has 0 bridgehead atoms. The Morgan fingerprint density at radius 3 is 2.74 bits per heavy atom. The van der Waals surface area contributed by atoms with Gasteiger partial charge in [-0.2, -0.15) is 0 Å². The van der Waals surface area contributed by atoms with E-state index in [1.54, 1.807) is 10.7 Å². The smallest absolute Gasteiger partial charge is 0.224 e. The highest BCUT2D eigenvalue weighted by Gasteiger charge is 2.27. The molecular weight excluding hydrogens is 399 g/mol. The monoisotopic (exact) mass is 430 g/mol. The van der Waals surface area contributed by atoms with E-state index in [-0.39, 0.29) is 17.8 Å². The summed E-state index contributed by atoms with van der Waals surface area (Å²) in [5, 5.41) is 11.1. The van der Waals surface area contributed by atoms with Gasteiger partial charge in [-0.15, -0.1) is 5.10 Å². The normalized spacial score (nSPS) is 20.2. The highest BCUT2D eigenvalue weighted by atomic mass is 19.1. The van der Waals surface area contributed by atoms with Crippen LogP contribution in [0.15, 0.2) is 30.6 Å². The zero-order chi connectivity index (χ0) is 21.5. The van der Waals surface area contributed by atoms with Crippen LogP contribution in [0.5, 0.6) is 0 Å². The van der Waals surface area contributed by atoms with Gasteiger partial charge in [0.05, 0.1) is 12.6 Å². The summed E-state index contributed by atoms with van der Waals surface area (Å²) in [4.78, 5) is 17.3. The number of halogens is 1. The minimum Gasteiger partial charge on any atom is -0.376 e. The van der Waals surface area contributed by atoms with Gasteiger partial charge >= 0.3 is 0 Å². The average molecular weight is 431 g/mol. The summed E-state index contributed by atoms with van der Waals surface area (Å²) in [5.41, 5.74) is 0.749. The Morgan fingerprint density at radius 1 is 1.19 bits per heavy atom. The van der Waals surface area contributed by atoms with Crippen LogP contribution >= 0.6 is 0 Å². The molecule has 1 unspecified atom stereocenters. The quantitative estimate of drug-likeness (QED) is 0.607. The number of aromatic nitrogens is 4. The van der Waals surface area contributed by atoms with Gasteiger partial charge in [0, 0.05) is 38.2 Å². The van der Waals surface area contributed by atoms with Gasteiger partial charge in [0.1, 0.15) is 12.1 Å². The summed E-state index contributed by atoms with van der Waals surface area (Å²) in [6.45, 7) is 5.16. The first kappa shape index (κ1) is 21.8. The number of carbonyl (C=O) groups excluding carboxylic acids is 1. The number of carbonyl (C=O) groups is 1. The lowest BCUT2D eigenvalue weighted by Crippen LogP contribution is -2.43. The van der Waals surface area contributed by atoms with Crippen molar-refractivity contribution in [3.63, 3.8) is 0 Å². The van der Waals surface area contributed by atoms with Crippen LogP contribution in [-0.2, 0) is 22.6 Å². The number of ether oxygens (including phenoxy) is 1. The zero-order valence-corrected chi connectivity index (χ0v) is 17.9. The molecule has 2 aliphatic heterocycles. The molecule has 0 N–H and O–H groups in total. The number of nitrogens with zero attached hydrogens (tertiary/aromatic N) is 6. The Hall–Kier alpha value is -2.39. The van der Waals surface area contributed by atoms with E-state index in [9.17, 15) is 9.18 Å². The molecule has 2 aromatic rings. The van der Waals surface area contributed by atoms with Gasteiger partial charge in [-0.3, -0.25) is 9.69 Å². The van der Waals surface area contributed by atoms with Crippen molar-refractivity contribution in [2.75, 3.05) is 32.8 Å². The lowest BCUT2D eigenvalue weighted by molar-refractivity contribution is -0.134. The maximum absolute atomic E-state index is 14.0. The Balaban J connectivity index is 1.29. The van der Waals surface area contributed by atoms with E-state index in [1.165, 1.54) is 12.4 Å². The Morgan fingerprint density at radius 2 is 2.03 bits per heavy atom. The van der Waals surface area contributed by atoms with Crippen molar-refractivity contribution in [3.8, 4) is 0 Å². The molecule has 2 saturated heterocycles. The maximum Gasteiger partial charge on any atom is 0.224 e. The second-order valence-electron chi connectivity index (χ2n) is 8.57. The Labute approximate surface area is 182 Å². The topological polar surface area (TPSA) is 76.4 Å². The third-order valence-electron chi connectivity index (χ3n) is 6.28. The first-order valence-corrected chi connectivity index (χ1v) is 11.2. The maximum atomic E-state index is 14.0. The second kappa shape index (κ2) is 10.8. The van der Waals surface area contributed by atoms with Gasteiger partial charge < -0.3 is 9.64 Å². The van der Waals surface area contributed by atoms with Gasteiger partial charge in [-0.25, -0.2) is 9.07 Å². The number of tetrazole rings is 1. The van der Waals surface area contributed by atoms with E-state index >= 15 is 0 Å². The summed E-state index contributed by atoms with van der Waals surface area (Å²) in [6, 6.07) is 6.99. The molecule has 1 atom stereocenters. The molecule has 4 rings (SSSR count). The first-order valence-electron chi connectivity index (χ1n) is 11.2. The lowest BCUT2D eigenvalue weighted by Gasteiger charge is -2.35. The molecule has 2 aliphatic rings. The number of piperidine rings is 1. The van der Waals surface area contributed by atoms with E-state index in [0.29, 0.717) is 32.0 Å². The predicted molar refractivity (Wildman–Crippen MR) is 112 cm³/mol. The third-order valence-corrected chi connectivity index (χ3v) is 6.28.